The lowest BCUT2D eigenvalue weighted by molar-refractivity contribution is 0.101. The van der Waals surface area contributed by atoms with Crippen molar-refractivity contribution in [1.29, 1.82) is 0 Å². The molecular formula is C28H54N2O2. The van der Waals surface area contributed by atoms with Crippen LogP contribution in [-0.2, 0) is 0 Å². The lowest BCUT2D eigenvalue weighted by Gasteiger charge is -2.31. The lowest BCUT2D eigenvalue weighted by atomic mass is 9.83. The summed E-state index contributed by atoms with van der Waals surface area (Å²) in [5.41, 5.74) is 2.67. The number of allylic oxidation sites excluding steroid dienone is 4. The lowest BCUT2D eigenvalue weighted by Crippen LogP contribution is -2.32. The van der Waals surface area contributed by atoms with Crippen molar-refractivity contribution in [2.24, 2.45) is 0 Å². The topological polar surface area (TPSA) is 46.9 Å². The highest BCUT2D eigenvalue weighted by Gasteiger charge is 2.30. The van der Waals surface area contributed by atoms with Gasteiger partial charge in [0.1, 0.15) is 11.2 Å². The van der Waals surface area contributed by atoms with Gasteiger partial charge in [-0.05, 0) is 145 Å². The molecule has 0 rings (SSSR count). The largest absolute Gasteiger partial charge is 0.381 e. The van der Waals surface area contributed by atoms with Crippen LogP contribution in [0.5, 0.6) is 0 Å². The van der Waals surface area contributed by atoms with Crippen molar-refractivity contribution in [3.63, 3.8) is 0 Å². The predicted octanol–water partition coefficient (Wildman–Crippen LogP) is 5.98. The van der Waals surface area contributed by atoms with Gasteiger partial charge in [0.2, 0.25) is 0 Å². The second-order valence-corrected chi connectivity index (χ2v) is 9.42. The Hall–Kier alpha value is -1.20. The number of aliphatic hydroxyl groups is 2. The highest BCUT2D eigenvalue weighted by molar-refractivity contribution is 5.30. The van der Waals surface area contributed by atoms with E-state index in [1.54, 1.807) is 0 Å². The van der Waals surface area contributed by atoms with Gasteiger partial charge in [-0.25, -0.2) is 0 Å². The first-order chi connectivity index (χ1) is 14.8. The summed E-state index contributed by atoms with van der Waals surface area (Å²) in [4.78, 5) is 4.30. The van der Waals surface area contributed by atoms with Crippen LogP contribution in [0.15, 0.2) is 46.6 Å². The maximum Gasteiger partial charge on any atom is 0.106 e. The van der Waals surface area contributed by atoms with Crippen molar-refractivity contribution < 1.29 is 10.2 Å². The highest BCUT2D eigenvalue weighted by Crippen LogP contribution is 2.31. The smallest absolute Gasteiger partial charge is 0.106 e. The van der Waals surface area contributed by atoms with Gasteiger partial charge in [0.15, 0.2) is 0 Å². The molecule has 0 aromatic carbocycles. The van der Waals surface area contributed by atoms with E-state index >= 15 is 0 Å². The van der Waals surface area contributed by atoms with Crippen LogP contribution in [-0.4, -0.2) is 72.5 Å². The Morgan fingerprint density at radius 3 is 0.938 bits per heavy atom. The number of hydrogen-bond donors (Lipinski definition) is 2. The van der Waals surface area contributed by atoms with Crippen LogP contribution in [0.4, 0.5) is 0 Å². The molecule has 0 aliphatic carbocycles. The molecule has 2 N–H and O–H groups in total. The maximum atomic E-state index is 10.7. The molecule has 0 aliphatic rings. The van der Waals surface area contributed by atoms with E-state index < -0.39 is 11.2 Å². The van der Waals surface area contributed by atoms with Gasteiger partial charge in [-0.3, -0.25) is 0 Å². The molecule has 0 spiro atoms. The van der Waals surface area contributed by atoms with Crippen molar-refractivity contribution >= 4 is 0 Å². The van der Waals surface area contributed by atoms with Crippen molar-refractivity contribution in [2.45, 2.75) is 92.3 Å². The zero-order valence-electron chi connectivity index (χ0n) is 23.3. The van der Waals surface area contributed by atoms with Crippen LogP contribution in [0.2, 0.25) is 0 Å². The fourth-order valence-corrected chi connectivity index (χ4v) is 3.67. The fourth-order valence-electron chi connectivity index (χ4n) is 3.67. The van der Waals surface area contributed by atoms with Crippen molar-refractivity contribution in [1.82, 2.24) is 9.80 Å². The summed E-state index contributed by atoms with van der Waals surface area (Å²) >= 11 is 0. The summed E-state index contributed by atoms with van der Waals surface area (Å²) < 4.78 is 0. The third kappa shape index (κ3) is 11.1. The molecule has 0 radical (unpaired) electrons. The van der Waals surface area contributed by atoms with Crippen LogP contribution in [0.3, 0.4) is 0 Å². The average molecular weight is 451 g/mol. The minimum Gasteiger partial charge on any atom is -0.381 e. The Morgan fingerprint density at radius 1 is 0.562 bits per heavy atom. The Balaban J connectivity index is 0. The van der Waals surface area contributed by atoms with Gasteiger partial charge in [0.05, 0.1) is 0 Å². The normalized spacial score (nSPS) is 17.8. The number of hydrogen-bond acceptors (Lipinski definition) is 4. The Kier molecular flexibility index (Phi) is 16.9. The molecule has 0 fully saturated rings. The van der Waals surface area contributed by atoms with E-state index in [1.807, 2.05) is 79.7 Å². The third-order valence-corrected chi connectivity index (χ3v) is 6.63. The van der Waals surface area contributed by atoms with Gasteiger partial charge < -0.3 is 20.0 Å². The van der Waals surface area contributed by atoms with Crippen molar-refractivity contribution in [3.05, 3.63) is 46.6 Å². The first kappa shape index (κ1) is 33.0. The van der Waals surface area contributed by atoms with E-state index in [9.17, 15) is 10.2 Å². The molecule has 1 atom stereocenters. The van der Waals surface area contributed by atoms with Gasteiger partial charge in [0.25, 0.3) is 0 Å². The van der Waals surface area contributed by atoms with Crippen LogP contribution in [0.25, 0.3) is 0 Å². The molecule has 0 bridgehead atoms. The van der Waals surface area contributed by atoms with Gasteiger partial charge in [-0.2, -0.15) is 0 Å². The molecule has 4 heteroatoms. The second-order valence-electron chi connectivity index (χ2n) is 9.42. The maximum absolute atomic E-state index is 10.7. The Bertz CT molecular complexity index is 548. The first-order valence-electron chi connectivity index (χ1n) is 12.0. The minimum atomic E-state index is -0.750. The predicted molar refractivity (Wildman–Crippen MR) is 143 cm³/mol. The third-order valence-electron chi connectivity index (χ3n) is 6.63. The summed E-state index contributed by atoms with van der Waals surface area (Å²) in [5.74, 6) is 0. The van der Waals surface area contributed by atoms with Crippen LogP contribution in [0.1, 0.15) is 81.1 Å². The van der Waals surface area contributed by atoms with E-state index in [0.717, 1.165) is 61.1 Å². The molecule has 0 aromatic heterocycles. The molecule has 0 heterocycles. The van der Waals surface area contributed by atoms with Crippen molar-refractivity contribution in [3.8, 4) is 0 Å². The standard InChI is InChI=1S/2C14H27NO/c2*1-7-12(3)14(16,13(4)8-2)10-9-11-15(5)6/h2*7-8,16H,9-11H2,1-6H3/b12-7+,13-8+;12-7-,13-8+. The first-order valence-corrected chi connectivity index (χ1v) is 12.0. The van der Waals surface area contributed by atoms with E-state index in [2.05, 4.69) is 38.0 Å². The van der Waals surface area contributed by atoms with Crippen LogP contribution in [0, 0.1) is 0 Å². The van der Waals surface area contributed by atoms with E-state index in [-0.39, 0.29) is 0 Å². The van der Waals surface area contributed by atoms with Crippen LogP contribution >= 0.6 is 0 Å². The molecule has 0 aromatic rings. The van der Waals surface area contributed by atoms with Crippen molar-refractivity contribution in [2.75, 3.05) is 41.3 Å². The molecule has 0 saturated heterocycles. The van der Waals surface area contributed by atoms with E-state index in [1.165, 1.54) is 0 Å². The van der Waals surface area contributed by atoms with E-state index in [4.69, 9.17) is 0 Å². The molecule has 0 aliphatic heterocycles. The summed E-state index contributed by atoms with van der Waals surface area (Å²) in [7, 11) is 8.24. The Morgan fingerprint density at radius 2 is 0.781 bits per heavy atom. The zero-order chi connectivity index (χ0) is 25.5. The Labute approximate surface area is 200 Å². The van der Waals surface area contributed by atoms with Gasteiger partial charge in [-0.1, -0.05) is 24.3 Å². The quantitative estimate of drug-likeness (QED) is 0.359. The number of rotatable bonds is 12. The highest BCUT2D eigenvalue weighted by atomic mass is 16.3. The summed E-state index contributed by atoms with van der Waals surface area (Å²) in [6.45, 7) is 18.0. The number of nitrogens with zero attached hydrogens (tertiary/aromatic N) is 2. The molecule has 0 amide bonds. The molecule has 1 unspecified atom stereocenters. The summed E-state index contributed by atoms with van der Waals surface area (Å²) in [5, 5.41) is 21.4. The van der Waals surface area contributed by atoms with Crippen LogP contribution < -0.4 is 0 Å². The van der Waals surface area contributed by atoms with Gasteiger partial charge in [-0.15, -0.1) is 0 Å². The van der Waals surface area contributed by atoms with E-state index in [0.29, 0.717) is 0 Å². The van der Waals surface area contributed by atoms with Gasteiger partial charge in [0, 0.05) is 0 Å². The SMILES string of the molecule is C/C=C(/C)C(O)(CCCN(C)C)/C(C)=C/C.C/C=C(\C)C(O)(CCCN(C)C)/C(C)=C/C. The summed E-state index contributed by atoms with van der Waals surface area (Å²) in [6.07, 6.45) is 11.6. The fraction of sp³-hybridized carbons (Fsp3) is 0.714. The monoisotopic (exact) mass is 450 g/mol. The molecular weight excluding hydrogens is 396 g/mol. The second kappa shape index (κ2) is 16.4. The molecule has 32 heavy (non-hydrogen) atoms. The average Bonchev–Trinajstić information content (AvgIpc) is 2.75. The molecule has 188 valence electrons. The minimum absolute atomic E-state index is 0.750. The zero-order valence-corrected chi connectivity index (χ0v) is 23.3. The molecule has 4 nitrogen and oxygen atoms in total. The summed E-state index contributed by atoms with van der Waals surface area (Å²) in [6, 6.07) is 0. The molecule has 0 saturated carbocycles. The van der Waals surface area contributed by atoms with Gasteiger partial charge >= 0.3 is 0 Å².